The van der Waals surface area contributed by atoms with Crippen LogP contribution in [0.5, 0.6) is 11.5 Å². The number of ether oxygens (including phenoxy) is 2. The maximum atomic E-state index is 11.2. The number of benzene rings is 1. The highest BCUT2D eigenvalue weighted by molar-refractivity contribution is 7.89. The molecule has 0 radical (unpaired) electrons. The molecular weight excluding hydrogens is 220 g/mol. The van der Waals surface area contributed by atoms with Crippen molar-refractivity contribution in [1.29, 1.82) is 0 Å². The third kappa shape index (κ3) is 2.31. The van der Waals surface area contributed by atoms with Crippen molar-refractivity contribution in [1.82, 2.24) is 0 Å². The Kier molecular flexibility index (Phi) is 3.06. The molecule has 0 heterocycles. The molecule has 4 N–H and O–H groups in total. The van der Waals surface area contributed by atoms with E-state index in [0.29, 0.717) is 5.75 Å². The summed E-state index contributed by atoms with van der Waals surface area (Å²) in [5, 5.41) is 4.99. The summed E-state index contributed by atoms with van der Waals surface area (Å²) in [6, 6.07) is 2.57. The van der Waals surface area contributed by atoms with Crippen LogP contribution < -0.4 is 20.3 Å². The lowest BCUT2D eigenvalue weighted by molar-refractivity contribution is 0.387. The quantitative estimate of drug-likeness (QED) is 0.710. The Hall–Kier alpha value is -1.47. The second-order valence-electron chi connectivity index (χ2n) is 2.79. The van der Waals surface area contributed by atoms with Gasteiger partial charge in [0.2, 0.25) is 10.0 Å². The molecule has 6 nitrogen and oxygen atoms in total. The molecule has 7 heteroatoms. The number of nitrogens with two attached hydrogens (primary N) is 2. The van der Waals surface area contributed by atoms with Crippen LogP contribution in [0.3, 0.4) is 0 Å². The zero-order chi connectivity index (χ0) is 11.6. The van der Waals surface area contributed by atoms with Crippen LogP contribution in [0.15, 0.2) is 17.0 Å². The Morgan fingerprint density at radius 3 is 2.07 bits per heavy atom. The van der Waals surface area contributed by atoms with E-state index < -0.39 is 10.0 Å². The second kappa shape index (κ2) is 3.95. The van der Waals surface area contributed by atoms with Gasteiger partial charge >= 0.3 is 0 Å². The summed E-state index contributed by atoms with van der Waals surface area (Å²) in [4.78, 5) is -0.164. The van der Waals surface area contributed by atoms with Gasteiger partial charge in [0.25, 0.3) is 0 Å². The predicted octanol–water partition coefficient (Wildman–Crippen LogP) is -0.0666. The first-order chi connectivity index (χ1) is 6.90. The maximum Gasteiger partial charge on any atom is 0.241 e. The second-order valence-corrected chi connectivity index (χ2v) is 4.32. The molecule has 84 valence electrons. The van der Waals surface area contributed by atoms with Gasteiger partial charge in [0.15, 0.2) is 0 Å². The number of methoxy groups -OCH3 is 2. The third-order valence-corrected chi connectivity index (χ3v) is 2.75. The lowest BCUT2D eigenvalue weighted by Gasteiger charge is -2.10. The minimum atomic E-state index is -3.85. The molecule has 0 aromatic heterocycles. The van der Waals surface area contributed by atoms with Crippen molar-refractivity contribution < 1.29 is 17.9 Å². The van der Waals surface area contributed by atoms with Gasteiger partial charge < -0.3 is 15.2 Å². The fraction of sp³-hybridized carbons (Fsp3) is 0.250. The van der Waals surface area contributed by atoms with Crippen LogP contribution in [0, 0.1) is 0 Å². The molecule has 0 aliphatic rings. The van der Waals surface area contributed by atoms with E-state index >= 15 is 0 Å². The molecule has 0 amide bonds. The van der Waals surface area contributed by atoms with Crippen molar-refractivity contribution in [3.05, 3.63) is 12.1 Å². The first-order valence-electron chi connectivity index (χ1n) is 3.94. The number of sulfonamides is 1. The van der Waals surface area contributed by atoms with Crippen LogP contribution in [-0.2, 0) is 10.0 Å². The number of anilines is 1. The summed E-state index contributed by atoms with van der Waals surface area (Å²) in [6.07, 6.45) is 0. The Bertz CT molecular complexity index is 470. The van der Waals surface area contributed by atoms with Gasteiger partial charge in [-0.1, -0.05) is 0 Å². The Balaban J connectivity index is 3.48. The fourth-order valence-electron chi connectivity index (χ4n) is 1.12. The van der Waals surface area contributed by atoms with E-state index in [9.17, 15) is 8.42 Å². The van der Waals surface area contributed by atoms with Crippen molar-refractivity contribution >= 4 is 15.7 Å². The SMILES string of the molecule is COc1cc(OC)c(S(N)(=O)=O)cc1N. The van der Waals surface area contributed by atoms with Gasteiger partial charge in [-0.15, -0.1) is 0 Å². The molecule has 0 aliphatic heterocycles. The molecule has 0 spiro atoms. The molecule has 0 bridgehead atoms. The number of hydrogen-bond acceptors (Lipinski definition) is 5. The first-order valence-corrected chi connectivity index (χ1v) is 5.49. The highest BCUT2D eigenvalue weighted by atomic mass is 32.2. The predicted molar refractivity (Wildman–Crippen MR) is 55.3 cm³/mol. The van der Waals surface area contributed by atoms with Gasteiger partial charge in [0, 0.05) is 6.07 Å². The monoisotopic (exact) mass is 232 g/mol. The number of hydrogen-bond donors (Lipinski definition) is 2. The van der Waals surface area contributed by atoms with E-state index in [-0.39, 0.29) is 16.3 Å². The van der Waals surface area contributed by atoms with E-state index in [2.05, 4.69) is 0 Å². The molecule has 0 saturated carbocycles. The summed E-state index contributed by atoms with van der Waals surface area (Å²) < 4.78 is 32.1. The largest absolute Gasteiger partial charge is 0.495 e. The number of primary sulfonamides is 1. The summed E-state index contributed by atoms with van der Waals surface area (Å²) in [6.45, 7) is 0. The van der Waals surface area contributed by atoms with Gasteiger partial charge in [0.05, 0.1) is 19.9 Å². The van der Waals surface area contributed by atoms with Crippen molar-refractivity contribution in [2.75, 3.05) is 20.0 Å². The van der Waals surface area contributed by atoms with Gasteiger partial charge in [0.1, 0.15) is 16.4 Å². The van der Waals surface area contributed by atoms with Gasteiger partial charge in [-0.05, 0) is 6.07 Å². The average molecular weight is 232 g/mol. The van der Waals surface area contributed by atoms with Crippen LogP contribution in [-0.4, -0.2) is 22.6 Å². The van der Waals surface area contributed by atoms with E-state index in [0.717, 1.165) is 0 Å². The standard InChI is InChI=1S/C8H12N2O4S/c1-13-6-4-7(14-2)8(3-5(6)9)15(10,11)12/h3-4H,9H2,1-2H3,(H2,10,11,12). The summed E-state index contributed by atoms with van der Waals surface area (Å²) in [5.41, 5.74) is 5.73. The van der Waals surface area contributed by atoms with E-state index in [1.807, 2.05) is 0 Å². The molecule has 0 unspecified atom stereocenters. The van der Waals surface area contributed by atoms with Crippen LogP contribution in [0.25, 0.3) is 0 Å². The van der Waals surface area contributed by atoms with E-state index in [4.69, 9.17) is 20.3 Å². The summed E-state index contributed by atoms with van der Waals surface area (Å²) in [7, 11) is -1.10. The minimum absolute atomic E-state index is 0.101. The van der Waals surface area contributed by atoms with Gasteiger partial charge in [-0.25, -0.2) is 13.6 Å². The topological polar surface area (TPSA) is 105 Å². The van der Waals surface area contributed by atoms with Crippen molar-refractivity contribution in [2.24, 2.45) is 5.14 Å². The molecule has 0 aliphatic carbocycles. The zero-order valence-electron chi connectivity index (χ0n) is 8.35. The fourth-order valence-corrected chi connectivity index (χ4v) is 1.83. The van der Waals surface area contributed by atoms with Crippen LogP contribution in [0.4, 0.5) is 5.69 Å². The maximum absolute atomic E-state index is 11.2. The minimum Gasteiger partial charge on any atom is -0.495 e. The highest BCUT2D eigenvalue weighted by Gasteiger charge is 2.17. The Labute approximate surface area is 87.8 Å². The lowest BCUT2D eigenvalue weighted by atomic mass is 10.3. The molecular formula is C8H12N2O4S. The van der Waals surface area contributed by atoms with Gasteiger partial charge in [-0.2, -0.15) is 0 Å². The van der Waals surface area contributed by atoms with Crippen molar-refractivity contribution in [2.45, 2.75) is 4.90 Å². The molecule has 0 saturated heterocycles. The van der Waals surface area contributed by atoms with Crippen LogP contribution in [0.1, 0.15) is 0 Å². The normalized spacial score (nSPS) is 11.1. The Morgan fingerprint density at radius 2 is 1.67 bits per heavy atom. The molecule has 0 fully saturated rings. The Morgan fingerprint density at radius 1 is 1.13 bits per heavy atom. The molecule has 1 aromatic carbocycles. The van der Waals surface area contributed by atoms with E-state index in [1.165, 1.54) is 26.4 Å². The molecule has 1 aromatic rings. The first kappa shape index (κ1) is 11.6. The number of rotatable bonds is 3. The van der Waals surface area contributed by atoms with Gasteiger partial charge in [-0.3, -0.25) is 0 Å². The lowest BCUT2D eigenvalue weighted by Crippen LogP contribution is -2.14. The smallest absolute Gasteiger partial charge is 0.241 e. The summed E-state index contributed by atoms with van der Waals surface area (Å²) in [5.74, 6) is 0.433. The number of nitrogen functional groups attached to an aromatic ring is 1. The third-order valence-electron chi connectivity index (χ3n) is 1.82. The molecule has 15 heavy (non-hydrogen) atoms. The molecule has 0 atom stereocenters. The summed E-state index contributed by atoms with van der Waals surface area (Å²) >= 11 is 0. The van der Waals surface area contributed by atoms with Crippen molar-refractivity contribution in [3.63, 3.8) is 0 Å². The van der Waals surface area contributed by atoms with Crippen LogP contribution >= 0.6 is 0 Å². The molecule has 1 rings (SSSR count). The van der Waals surface area contributed by atoms with Crippen molar-refractivity contribution in [3.8, 4) is 11.5 Å². The zero-order valence-corrected chi connectivity index (χ0v) is 9.17. The van der Waals surface area contributed by atoms with Crippen LogP contribution in [0.2, 0.25) is 0 Å². The van der Waals surface area contributed by atoms with E-state index in [1.54, 1.807) is 0 Å². The highest BCUT2D eigenvalue weighted by Crippen LogP contribution is 2.32. The average Bonchev–Trinajstić information content (AvgIpc) is 2.16.